The molecule has 0 spiro atoms. The van der Waals surface area contributed by atoms with Gasteiger partial charge in [0.25, 0.3) is 0 Å². The Balaban J connectivity index is 1.64. The van der Waals surface area contributed by atoms with Gasteiger partial charge in [0.2, 0.25) is 11.8 Å². The third-order valence-corrected chi connectivity index (χ3v) is 11.9. The number of aliphatic carboxylic acids is 1. The molecule has 0 fully saturated rings. The van der Waals surface area contributed by atoms with Gasteiger partial charge in [-0.1, -0.05) is 107 Å². The molecule has 0 aliphatic heterocycles. The summed E-state index contributed by atoms with van der Waals surface area (Å²) >= 11 is 0. The molecular weight excluding hydrogens is 769 g/mol. The van der Waals surface area contributed by atoms with E-state index in [1.807, 2.05) is 20.8 Å². The zero-order valence-electron chi connectivity index (χ0n) is 38.2. The Hall–Kier alpha value is -4.02. The average molecular weight is 849 g/mol. The van der Waals surface area contributed by atoms with Crippen LogP contribution >= 0.6 is 0 Å². The van der Waals surface area contributed by atoms with E-state index in [9.17, 15) is 34.5 Å². The molecule has 0 saturated heterocycles. The Bertz CT molecular complexity index is 1540. The van der Waals surface area contributed by atoms with Crippen molar-refractivity contribution in [2.45, 2.75) is 175 Å². The minimum atomic E-state index is -1.16. The number of hydrogen-bond donors (Lipinski definition) is 5. The second-order valence-corrected chi connectivity index (χ2v) is 17.7. The van der Waals surface area contributed by atoms with Crippen molar-refractivity contribution in [3.05, 3.63) is 84.6 Å². The Morgan fingerprint density at radius 1 is 0.836 bits per heavy atom. The lowest BCUT2D eigenvalue weighted by Gasteiger charge is -2.44. The second kappa shape index (κ2) is 30.1. The van der Waals surface area contributed by atoms with Gasteiger partial charge in [-0.2, -0.15) is 0 Å². The average Bonchev–Trinajstić information content (AvgIpc) is 3.20. The van der Waals surface area contributed by atoms with Crippen molar-refractivity contribution in [3.63, 3.8) is 0 Å². The summed E-state index contributed by atoms with van der Waals surface area (Å²) in [4.78, 5) is 50.0. The molecule has 8 atom stereocenters. The van der Waals surface area contributed by atoms with Crippen LogP contribution in [0.1, 0.15) is 151 Å². The number of carboxylic acid groups (broad SMARTS) is 1. The number of carboxylic acids is 1. The van der Waals surface area contributed by atoms with Crippen LogP contribution in [-0.4, -0.2) is 70.0 Å². The molecule has 0 aromatic heterocycles. The van der Waals surface area contributed by atoms with E-state index in [1.54, 1.807) is 0 Å². The van der Waals surface area contributed by atoms with Crippen molar-refractivity contribution in [2.75, 3.05) is 6.54 Å². The van der Waals surface area contributed by atoms with Crippen molar-refractivity contribution >= 4 is 23.8 Å². The lowest BCUT2D eigenvalue weighted by atomic mass is 9.65. The van der Waals surface area contributed by atoms with E-state index in [-0.39, 0.29) is 60.9 Å². The van der Waals surface area contributed by atoms with Gasteiger partial charge >= 0.3 is 11.9 Å². The molecule has 6 unspecified atom stereocenters. The summed E-state index contributed by atoms with van der Waals surface area (Å²) in [7, 11) is 0. The minimum Gasteiger partial charge on any atom is -0.480 e. The Kier molecular flexibility index (Phi) is 26.2. The van der Waals surface area contributed by atoms with Crippen LogP contribution in [0.15, 0.2) is 84.6 Å². The summed E-state index contributed by atoms with van der Waals surface area (Å²) in [6, 6.07) is -1.12. The normalized spacial score (nSPS) is 22.2. The summed E-state index contributed by atoms with van der Waals surface area (Å²) in [6.45, 7) is 12.6. The van der Waals surface area contributed by atoms with E-state index in [0.29, 0.717) is 45.1 Å². The highest BCUT2D eigenvalue weighted by atomic mass is 16.5. The lowest BCUT2D eigenvalue weighted by Crippen LogP contribution is -2.43. The van der Waals surface area contributed by atoms with E-state index >= 15 is 0 Å². The van der Waals surface area contributed by atoms with Crippen LogP contribution in [0.4, 0.5) is 0 Å². The first-order valence-electron chi connectivity index (χ1n) is 23.2. The largest absolute Gasteiger partial charge is 0.480 e. The first-order chi connectivity index (χ1) is 29.2. The molecule has 2 rings (SSSR count). The molecule has 10 heteroatoms. The number of ether oxygens (including phenoxy) is 1. The number of unbranched alkanes of at least 4 members (excludes halogenated alkanes) is 2. The van der Waals surface area contributed by atoms with Crippen molar-refractivity contribution in [2.24, 2.45) is 29.1 Å². The fraction of sp³-hybridized carbons (Fsp3) is 0.647. The van der Waals surface area contributed by atoms with E-state index in [2.05, 4.69) is 110 Å². The highest BCUT2D eigenvalue weighted by Gasteiger charge is 2.43. The standard InChI is InChI=1S/C51H80N2O8/c1-7-9-10-11-12-13-14-15-16-17-18-19-20-21-22-23-24-28-46(56)52-33-26-25-27-44(49(58)59)53-47(57)37-42(55)36-41(54)31-32-43-39(4)29-30-40-34-38(3)35-45(48(40)43)61-50(60)51(5,6)8-2/h9-10,12-13,15-16,18-19,21-22,29-30,34,38-39,41-45,48,54-55H,7-8,11,14,17,20,23-28,31-33,35-37H2,1-6H3,(H,52,56)(H,53,57)(H,58,59)/b10-9-,13-12-,16-15-,19-18-,22-21-/t38-,39?,41?,42?,43-,44?,45?,48?/m0/s1. The fourth-order valence-corrected chi connectivity index (χ4v) is 7.83. The number of allylic oxidation sites excluding steroid dienone is 13. The van der Waals surface area contributed by atoms with E-state index in [1.165, 1.54) is 5.57 Å². The molecule has 2 aliphatic carbocycles. The van der Waals surface area contributed by atoms with E-state index in [0.717, 1.165) is 51.4 Å². The minimum absolute atomic E-state index is 0.0163. The van der Waals surface area contributed by atoms with Gasteiger partial charge in [-0.05, 0) is 133 Å². The smallest absolute Gasteiger partial charge is 0.326 e. The van der Waals surface area contributed by atoms with E-state index < -0.39 is 35.5 Å². The van der Waals surface area contributed by atoms with Crippen LogP contribution < -0.4 is 10.6 Å². The Labute approximate surface area is 367 Å². The van der Waals surface area contributed by atoms with Crippen LogP contribution in [0.3, 0.4) is 0 Å². The number of carbonyl (C=O) groups excluding carboxylic acids is 3. The third-order valence-electron chi connectivity index (χ3n) is 11.9. The topological polar surface area (TPSA) is 162 Å². The van der Waals surface area contributed by atoms with Crippen LogP contribution in [-0.2, 0) is 23.9 Å². The zero-order valence-corrected chi connectivity index (χ0v) is 38.2. The van der Waals surface area contributed by atoms with Crippen LogP contribution in [0.25, 0.3) is 0 Å². The molecule has 342 valence electrons. The van der Waals surface area contributed by atoms with Gasteiger partial charge in [-0.15, -0.1) is 0 Å². The lowest BCUT2D eigenvalue weighted by molar-refractivity contribution is -0.164. The highest BCUT2D eigenvalue weighted by molar-refractivity contribution is 5.83. The van der Waals surface area contributed by atoms with Gasteiger partial charge in [0.1, 0.15) is 12.1 Å². The molecule has 10 nitrogen and oxygen atoms in total. The molecular formula is C51H80N2O8. The van der Waals surface area contributed by atoms with Crippen LogP contribution in [0.5, 0.6) is 0 Å². The molecule has 2 aliphatic rings. The van der Waals surface area contributed by atoms with Gasteiger partial charge in [-0.25, -0.2) is 4.79 Å². The maximum Gasteiger partial charge on any atom is 0.326 e. The number of nitrogens with one attached hydrogen (secondary N) is 2. The highest BCUT2D eigenvalue weighted by Crippen LogP contribution is 2.45. The van der Waals surface area contributed by atoms with Crippen molar-refractivity contribution < 1.29 is 39.2 Å². The van der Waals surface area contributed by atoms with Crippen molar-refractivity contribution in [1.82, 2.24) is 10.6 Å². The quantitative estimate of drug-likeness (QED) is 0.0271. The second-order valence-electron chi connectivity index (χ2n) is 17.7. The van der Waals surface area contributed by atoms with Crippen LogP contribution in [0, 0.1) is 29.1 Å². The summed E-state index contributed by atoms with van der Waals surface area (Å²) in [6.07, 6.45) is 36.1. The fourth-order valence-electron chi connectivity index (χ4n) is 7.83. The molecule has 61 heavy (non-hydrogen) atoms. The number of aliphatic hydroxyl groups excluding tert-OH is 2. The van der Waals surface area contributed by atoms with Gasteiger partial charge in [-0.3, -0.25) is 14.4 Å². The predicted molar refractivity (Wildman–Crippen MR) is 246 cm³/mol. The number of aliphatic hydroxyl groups is 2. The van der Waals surface area contributed by atoms with Crippen molar-refractivity contribution in [1.29, 1.82) is 0 Å². The summed E-state index contributed by atoms with van der Waals surface area (Å²) in [5.41, 5.74) is 0.596. The molecule has 0 bridgehead atoms. The number of hydrogen-bond acceptors (Lipinski definition) is 7. The predicted octanol–water partition coefficient (Wildman–Crippen LogP) is 9.80. The number of rotatable bonds is 30. The Morgan fingerprint density at radius 3 is 2.07 bits per heavy atom. The molecule has 0 radical (unpaired) electrons. The molecule has 2 amide bonds. The van der Waals surface area contributed by atoms with Gasteiger partial charge < -0.3 is 30.7 Å². The molecule has 0 saturated carbocycles. The van der Waals surface area contributed by atoms with E-state index in [4.69, 9.17) is 4.74 Å². The number of amides is 2. The summed E-state index contributed by atoms with van der Waals surface area (Å²) in [5.74, 6) is -1.36. The molecule has 0 aromatic carbocycles. The first kappa shape index (κ1) is 53.1. The summed E-state index contributed by atoms with van der Waals surface area (Å²) < 4.78 is 6.20. The van der Waals surface area contributed by atoms with Gasteiger partial charge in [0.05, 0.1) is 24.0 Å². The summed E-state index contributed by atoms with van der Waals surface area (Å²) in [5, 5.41) is 36.7. The molecule has 5 N–H and O–H groups in total. The number of carbonyl (C=O) groups is 4. The zero-order chi connectivity index (χ0) is 45.0. The SMILES string of the molecule is CC/C=C\C/C=C\C/C=C\C/C=C\C/C=C\CCCC(=O)NCCCCC(NC(=O)CC(O)CC(O)CC[C@H]1C(C)C=CC2=C[C@H](C)CC(OC(=O)C(C)(C)CC)C21)C(=O)O. The third kappa shape index (κ3) is 22.1. The Morgan fingerprint density at radius 2 is 1.46 bits per heavy atom. The maximum atomic E-state index is 13.1. The van der Waals surface area contributed by atoms with Crippen molar-refractivity contribution in [3.8, 4) is 0 Å². The molecule has 0 heterocycles. The monoisotopic (exact) mass is 849 g/mol. The van der Waals surface area contributed by atoms with Crippen LogP contribution in [0.2, 0.25) is 0 Å². The number of esters is 1. The number of fused-ring (bicyclic) bond motifs is 1. The van der Waals surface area contributed by atoms with Gasteiger partial charge in [0.15, 0.2) is 0 Å². The maximum absolute atomic E-state index is 13.1. The first-order valence-corrected chi connectivity index (χ1v) is 23.2. The molecule has 0 aromatic rings. The van der Waals surface area contributed by atoms with Gasteiger partial charge in [0, 0.05) is 18.9 Å².